The minimum Gasteiger partial charge on any atom is -0.242 e. The first-order chi connectivity index (χ1) is 12.1. The van der Waals surface area contributed by atoms with E-state index in [0.29, 0.717) is 11.0 Å². The minimum atomic E-state index is 0.307. The first kappa shape index (κ1) is 15.7. The lowest BCUT2D eigenvalue weighted by molar-refractivity contribution is -0.00694. The molecule has 0 saturated heterocycles. The van der Waals surface area contributed by atoms with Crippen LogP contribution in [0.15, 0.2) is 10.8 Å². The lowest BCUT2D eigenvalue weighted by atomic mass is 9.49. The lowest BCUT2D eigenvalue weighted by Crippen LogP contribution is -2.48. The largest absolute Gasteiger partial charge is 0.242 e. The quantitative estimate of drug-likeness (QED) is 0.679. The molecule has 4 aliphatic carbocycles. The molecular weight excluding hydrogens is 346 g/mol. The van der Waals surface area contributed by atoms with Gasteiger partial charge in [0.25, 0.3) is 0 Å². The van der Waals surface area contributed by atoms with E-state index in [9.17, 15) is 5.26 Å². The van der Waals surface area contributed by atoms with Crippen LogP contribution in [-0.2, 0) is 5.41 Å². The van der Waals surface area contributed by atoms with Crippen molar-refractivity contribution in [2.24, 2.45) is 17.8 Å². The van der Waals surface area contributed by atoms with Crippen molar-refractivity contribution in [3.63, 3.8) is 0 Å². The van der Waals surface area contributed by atoms with Crippen LogP contribution in [0.3, 0.4) is 0 Å². The molecule has 0 amide bonds. The Kier molecular flexibility index (Phi) is 3.62. The number of thiazole rings is 2. The molecule has 6 rings (SSSR count). The van der Waals surface area contributed by atoms with Crippen molar-refractivity contribution in [1.82, 2.24) is 9.97 Å². The molecule has 0 spiro atoms. The van der Waals surface area contributed by atoms with Crippen molar-refractivity contribution in [2.75, 3.05) is 0 Å². The van der Waals surface area contributed by atoms with E-state index in [2.05, 4.69) is 16.4 Å². The normalized spacial score (nSPS) is 33.6. The molecule has 3 nitrogen and oxygen atoms in total. The Morgan fingerprint density at radius 2 is 1.80 bits per heavy atom. The summed E-state index contributed by atoms with van der Waals surface area (Å²) >= 11 is 3.24. The van der Waals surface area contributed by atoms with E-state index in [0.717, 1.165) is 33.5 Å². The van der Waals surface area contributed by atoms with Gasteiger partial charge in [-0.2, -0.15) is 5.26 Å². The molecule has 0 aromatic carbocycles. The summed E-state index contributed by atoms with van der Waals surface area (Å²) in [4.78, 5) is 9.43. The highest BCUT2D eigenvalue weighted by Crippen LogP contribution is 2.60. The first-order valence-corrected chi connectivity index (χ1v) is 10.9. The number of aryl methyl sites for hydroxylation is 1. The van der Waals surface area contributed by atoms with Crippen LogP contribution in [0.4, 0.5) is 0 Å². The maximum Gasteiger partial charge on any atom is 0.134 e. The lowest BCUT2D eigenvalue weighted by Gasteiger charge is -2.56. The highest BCUT2D eigenvalue weighted by Gasteiger charge is 2.52. The Balaban J connectivity index is 1.47. The molecule has 5 heteroatoms. The molecule has 2 aromatic rings. The minimum absolute atomic E-state index is 0.307. The summed E-state index contributed by atoms with van der Waals surface area (Å²) in [6, 6.07) is 2.34. The predicted octanol–water partition coefficient (Wildman–Crippen LogP) is 5.44. The van der Waals surface area contributed by atoms with Crippen molar-refractivity contribution in [1.29, 1.82) is 5.26 Å². The SMILES string of the molecule is Cc1nc(/C=C(\C#N)c2nc(C34CC5CC(CC(C5)C3)C4)cs2)cs1. The van der Waals surface area contributed by atoms with Crippen LogP contribution in [0.2, 0.25) is 0 Å². The third-order valence-corrected chi connectivity index (χ3v) is 8.03. The number of hydrogen-bond donors (Lipinski definition) is 0. The number of rotatable bonds is 3. The van der Waals surface area contributed by atoms with Gasteiger partial charge in [-0.3, -0.25) is 0 Å². The average molecular weight is 368 g/mol. The summed E-state index contributed by atoms with van der Waals surface area (Å²) in [5.74, 6) is 2.75. The Bertz CT molecular complexity index is 848. The average Bonchev–Trinajstić information content (AvgIpc) is 3.21. The van der Waals surface area contributed by atoms with Crippen molar-refractivity contribution >= 4 is 34.3 Å². The fourth-order valence-corrected chi connectivity index (χ4v) is 7.28. The summed E-state index contributed by atoms with van der Waals surface area (Å²) in [6.07, 6.45) is 10.2. The number of hydrogen-bond acceptors (Lipinski definition) is 5. The molecule has 0 atom stereocenters. The van der Waals surface area contributed by atoms with Gasteiger partial charge in [0.15, 0.2) is 0 Å². The van der Waals surface area contributed by atoms with Crippen LogP contribution < -0.4 is 0 Å². The fourth-order valence-electron chi connectivity index (χ4n) is 5.80. The molecule has 4 saturated carbocycles. The van der Waals surface area contributed by atoms with E-state index in [1.54, 1.807) is 22.7 Å². The van der Waals surface area contributed by atoms with Crippen LogP contribution in [0.1, 0.15) is 59.9 Å². The molecule has 2 aromatic heterocycles. The molecule has 4 aliphatic rings. The van der Waals surface area contributed by atoms with Crippen LogP contribution in [-0.4, -0.2) is 9.97 Å². The number of aromatic nitrogens is 2. The molecule has 128 valence electrons. The third kappa shape index (κ3) is 2.67. The van der Waals surface area contributed by atoms with Gasteiger partial charge < -0.3 is 0 Å². The van der Waals surface area contributed by atoms with Gasteiger partial charge in [-0.25, -0.2) is 9.97 Å². The van der Waals surface area contributed by atoms with Gasteiger partial charge in [-0.1, -0.05) is 0 Å². The van der Waals surface area contributed by atoms with Gasteiger partial charge in [0.2, 0.25) is 0 Å². The fraction of sp³-hybridized carbons (Fsp3) is 0.550. The highest BCUT2D eigenvalue weighted by atomic mass is 32.1. The van der Waals surface area contributed by atoms with Crippen LogP contribution in [0.5, 0.6) is 0 Å². The topological polar surface area (TPSA) is 49.6 Å². The second-order valence-corrected chi connectivity index (χ2v) is 10.1. The van der Waals surface area contributed by atoms with Gasteiger partial charge in [-0.15, -0.1) is 22.7 Å². The third-order valence-electron chi connectivity index (χ3n) is 6.37. The maximum atomic E-state index is 9.61. The zero-order chi connectivity index (χ0) is 17.0. The van der Waals surface area contributed by atoms with E-state index in [4.69, 9.17) is 4.98 Å². The zero-order valence-electron chi connectivity index (χ0n) is 14.4. The van der Waals surface area contributed by atoms with Gasteiger partial charge >= 0.3 is 0 Å². The summed E-state index contributed by atoms with van der Waals surface area (Å²) in [6.45, 7) is 1.99. The van der Waals surface area contributed by atoms with Crippen molar-refractivity contribution < 1.29 is 0 Å². The van der Waals surface area contributed by atoms with Crippen molar-refractivity contribution in [3.8, 4) is 6.07 Å². The van der Waals surface area contributed by atoms with Crippen LogP contribution >= 0.6 is 22.7 Å². The van der Waals surface area contributed by atoms with E-state index in [1.807, 2.05) is 18.4 Å². The smallest absolute Gasteiger partial charge is 0.134 e. The number of allylic oxidation sites excluding steroid dienone is 1. The van der Waals surface area contributed by atoms with E-state index < -0.39 is 0 Å². The maximum absolute atomic E-state index is 9.61. The number of nitrogens with zero attached hydrogens (tertiary/aromatic N) is 3. The van der Waals surface area contributed by atoms with Gasteiger partial charge in [0.1, 0.15) is 11.1 Å². The second kappa shape index (κ2) is 5.75. The molecule has 0 unspecified atom stereocenters. The summed E-state index contributed by atoms with van der Waals surface area (Å²) in [5.41, 5.74) is 3.08. The van der Waals surface area contributed by atoms with Crippen LogP contribution in [0, 0.1) is 36.0 Å². The molecular formula is C20H21N3S2. The van der Waals surface area contributed by atoms with E-state index >= 15 is 0 Å². The van der Waals surface area contributed by atoms with Gasteiger partial charge in [0, 0.05) is 16.2 Å². The molecule has 4 bridgehead atoms. The molecule has 25 heavy (non-hydrogen) atoms. The first-order valence-electron chi connectivity index (χ1n) is 9.14. The Labute approximate surface area is 156 Å². The molecule has 2 heterocycles. The van der Waals surface area contributed by atoms with Crippen molar-refractivity contribution in [2.45, 2.75) is 50.9 Å². The zero-order valence-corrected chi connectivity index (χ0v) is 16.0. The Morgan fingerprint density at radius 1 is 1.12 bits per heavy atom. The summed E-state index contributed by atoms with van der Waals surface area (Å²) in [7, 11) is 0. The van der Waals surface area contributed by atoms with Gasteiger partial charge in [0.05, 0.1) is 22.0 Å². The molecule has 4 fully saturated rings. The summed E-state index contributed by atoms with van der Waals surface area (Å²) < 4.78 is 0. The Hall–Kier alpha value is -1.51. The van der Waals surface area contributed by atoms with E-state index in [-0.39, 0.29) is 0 Å². The van der Waals surface area contributed by atoms with Gasteiger partial charge in [-0.05, 0) is 69.3 Å². The van der Waals surface area contributed by atoms with Crippen molar-refractivity contribution in [3.05, 3.63) is 32.2 Å². The standard InChI is InChI=1S/C20H21N3S2/c1-12-22-17(10-24-12)5-16(9-21)19-23-18(11-25-19)20-6-13-2-14(7-20)4-15(3-13)8-20/h5,10-11,13-15H,2-4,6-8H2,1H3/b16-5+. The second-order valence-electron chi connectivity index (χ2n) is 8.20. The van der Waals surface area contributed by atoms with Crippen LogP contribution in [0.25, 0.3) is 11.6 Å². The molecule has 0 aliphatic heterocycles. The monoisotopic (exact) mass is 367 g/mol. The Morgan fingerprint density at radius 3 is 2.36 bits per heavy atom. The summed E-state index contributed by atoms with van der Waals surface area (Å²) in [5, 5.41) is 15.7. The molecule has 0 N–H and O–H groups in total. The van der Waals surface area contributed by atoms with E-state index in [1.165, 1.54) is 44.2 Å². The number of nitriles is 1. The molecule has 0 radical (unpaired) electrons. The highest BCUT2D eigenvalue weighted by molar-refractivity contribution is 7.11. The predicted molar refractivity (Wildman–Crippen MR) is 102 cm³/mol.